The minimum absolute atomic E-state index is 0.0710. The lowest BCUT2D eigenvalue weighted by Gasteiger charge is -2.49. The molecule has 0 aromatic carbocycles. The normalized spacial score (nSPS) is 24.0. The summed E-state index contributed by atoms with van der Waals surface area (Å²) in [6.07, 6.45) is 0.933. The predicted molar refractivity (Wildman–Crippen MR) is 74.4 cm³/mol. The van der Waals surface area contributed by atoms with Crippen LogP contribution in [0.15, 0.2) is 16.9 Å². The zero-order valence-corrected chi connectivity index (χ0v) is 12.1. The highest BCUT2D eigenvalue weighted by Crippen LogP contribution is 2.40. The maximum atomic E-state index is 12.1. The number of aliphatic hydroxyl groups excluding tert-OH is 1. The van der Waals surface area contributed by atoms with Crippen molar-refractivity contribution in [3.8, 4) is 0 Å². The van der Waals surface area contributed by atoms with Gasteiger partial charge in [-0.2, -0.15) is 5.10 Å². The van der Waals surface area contributed by atoms with Crippen molar-refractivity contribution in [2.45, 2.75) is 52.3 Å². The lowest BCUT2D eigenvalue weighted by atomic mass is 9.64. The fourth-order valence-corrected chi connectivity index (χ4v) is 2.32. The van der Waals surface area contributed by atoms with E-state index in [2.05, 4.69) is 10.4 Å². The summed E-state index contributed by atoms with van der Waals surface area (Å²) in [5.74, 6) is -0.306. The van der Waals surface area contributed by atoms with Gasteiger partial charge in [-0.3, -0.25) is 9.59 Å². The summed E-state index contributed by atoms with van der Waals surface area (Å²) in [5.41, 5.74) is -0.300. The molecule has 1 aromatic heterocycles. The van der Waals surface area contributed by atoms with Crippen LogP contribution in [-0.2, 0) is 6.54 Å². The molecule has 1 fully saturated rings. The molecule has 1 saturated carbocycles. The van der Waals surface area contributed by atoms with Gasteiger partial charge in [0.15, 0.2) is 0 Å². The van der Waals surface area contributed by atoms with Gasteiger partial charge in [0.05, 0.1) is 6.10 Å². The summed E-state index contributed by atoms with van der Waals surface area (Å²) in [4.78, 5) is 23.7. The van der Waals surface area contributed by atoms with Gasteiger partial charge in [-0.05, 0) is 18.9 Å². The molecule has 2 atom stereocenters. The van der Waals surface area contributed by atoms with E-state index in [4.69, 9.17) is 0 Å². The number of nitrogens with zero attached hydrogens (tertiary/aromatic N) is 2. The summed E-state index contributed by atoms with van der Waals surface area (Å²) in [7, 11) is 0. The van der Waals surface area contributed by atoms with Gasteiger partial charge in [0.2, 0.25) is 0 Å². The van der Waals surface area contributed by atoms with Crippen molar-refractivity contribution in [1.82, 2.24) is 15.1 Å². The number of aromatic nitrogens is 2. The molecule has 1 aromatic rings. The van der Waals surface area contributed by atoms with Crippen LogP contribution in [-0.4, -0.2) is 32.9 Å². The van der Waals surface area contributed by atoms with Crippen molar-refractivity contribution in [2.75, 3.05) is 0 Å². The summed E-state index contributed by atoms with van der Waals surface area (Å²) in [6.45, 7) is 6.27. The second-order valence-electron chi connectivity index (χ2n) is 5.88. The quantitative estimate of drug-likeness (QED) is 0.842. The highest BCUT2D eigenvalue weighted by atomic mass is 16.3. The molecule has 6 heteroatoms. The van der Waals surface area contributed by atoms with E-state index in [9.17, 15) is 14.7 Å². The van der Waals surface area contributed by atoms with Gasteiger partial charge < -0.3 is 10.4 Å². The third-order valence-corrected chi connectivity index (χ3v) is 4.06. The van der Waals surface area contributed by atoms with Crippen molar-refractivity contribution in [2.24, 2.45) is 5.41 Å². The number of amides is 1. The van der Waals surface area contributed by atoms with Crippen LogP contribution in [0.2, 0.25) is 0 Å². The molecule has 2 N–H and O–H groups in total. The molecule has 1 aliphatic carbocycles. The van der Waals surface area contributed by atoms with Crippen molar-refractivity contribution < 1.29 is 9.90 Å². The number of hydrogen-bond acceptors (Lipinski definition) is 4. The second-order valence-corrected chi connectivity index (χ2v) is 5.88. The predicted octanol–water partition coefficient (Wildman–Crippen LogP) is 0.542. The standard InChI is InChI=1S/C14H21N3O3/c1-4-7-17-12(19)6-5-9(16-17)13(20)15-10-8-11(18)14(10,2)3/h5-6,10-11,18H,4,7-8H2,1-3H3,(H,15,20). The van der Waals surface area contributed by atoms with E-state index in [0.717, 1.165) is 6.42 Å². The van der Waals surface area contributed by atoms with Gasteiger partial charge in [0.25, 0.3) is 11.5 Å². The van der Waals surface area contributed by atoms with Gasteiger partial charge >= 0.3 is 0 Å². The monoisotopic (exact) mass is 279 g/mol. The molecule has 1 amide bonds. The Bertz CT molecular complexity index is 565. The number of hydrogen-bond donors (Lipinski definition) is 2. The Kier molecular flexibility index (Phi) is 3.94. The number of aryl methyl sites for hydroxylation is 1. The van der Waals surface area contributed by atoms with E-state index < -0.39 is 6.10 Å². The number of carbonyl (C=O) groups is 1. The van der Waals surface area contributed by atoms with Gasteiger partial charge in [-0.1, -0.05) is 20.8 Å². The van der Waals surface area contributed by atoms with E-state index in [1.54, 1.807) is 0 Å². The molecule has 0 radical (unpaired) electrons. The fraction of sp³-hybridized carbons (Fsp3) is 0.643. The van der Waals surface area contributed by atoms with Gasteiger partial charge in [-0.15, -0.1) is 0 Å². The van der Waals surface area contributed by atoms with Crippen LogP contribution in [0.4, 0.5) is 0 Å². The Hall–Kier alpha value is -1.69. The molecule has 0 aliphatic heterocycles. The Morgan fingerprint density at radius 3 is 2.80 bits per heavy atom. The maximum absolute atomic E-state index is 12.1. The summed E-state index contributed by atoms with van der Waals surface area (Å²) in [6, 6.07) is 2.72. The first-order chi connectivity index (χ1) is 9.36. The maximum Gasteiger partial charge on any atom is 0.271 e. The lowest BCUT2D eigenvalue weighted by Crippen LogP contribution is -2.61. The Morgan fingerprint density at radius 2 is 2.25 bits per heavy atom. The number of aliphatic hydroxyl groups is 1. The molecule has 20 heavy (non-hydrogen) atoms. The van der Waals surface area contributed by atoms with Crippen molar-refractivity contribution in [3.05, 3.63) is 28.2 Å². The Labute approximate surface area is 117 Å². The van der Waals surface area contributed by atoms with Crippen LogP contribution in [0.3, 0.4) is 0 Å². The average molecular weight is 279 g/mol. The van der Waals surface area contributed by atoms with E-state index in [-0.39, 0.29) is 28.6 Å². The van der Waals surface area contributed by atoms with E-state index in [0.29, 0.717) is 13.0 Å². The number of carbonyl (C=O) groups excluding carboxylic acids is 1. The van der Waals surface area contributed by atoms with Gasteiger partial charge in [0.1, 0.15) is 5.69 Å². The van der Waals surface area contributed by atoms with Crippen LogP contribution in [0.1, 0.15) is 44.1 Å². The first-order valence-electron chi connectivity index (χ1n) is 6.93. The lowest BCUT2D eigenvalue weighted by molar-refractivity contribution is -0.0690. The van der Waals surface area contributed by atoms with Crippen LogP contribution in [0.5, 0.6) is 0 Å². The third-order valence-electron chi connectivity index (χ3n) is 4.06. The van der Waals surface area contributed by atoms with E-state index in [1.165, 1.54) is 16.8 Å². The highest BCUT2D eigenvalue weighted by molar-refractivity contribution is 5.92. The molecule has 2 unspecified atom stereocenters. The molecular weight excluding hydrogens is 258 g/mol. The molecule has 1 heterocycles. The van der Waals surface area contributed by atoms with E-state index >= 15 is 0 Å². The minimum Gasteiger partial charge on any atom is -0.392 e. The summed E-state index contributed by atoms with van der Waals surface area (Å²) >= 11 is 0. The molecule has 0 spiro atoms. The van der Waals surface area contributed by atoms with Crippen LogP contribution < -0.4 is 10.9 Å². The summed E-state index contributed by atoms with van der Waals surface area (Å²) in [5, 5.41) is 16.6. The largest absolute Gasteiger partial charge is 0.392 e. The molecule has 0 bridgehead atoms. The van der Waals surface area contributed by atoms with Crippen LogP contribution in [0, 0.1) is 5.41 Å². The Morgan fingerprint density at radius 1 is 1.55 bits per heavy atom. The second kappa shape index (κ2) is 5.36. The van der Waals surface area contributed by atoms with Crippen LogP contribution >= 0.6 is 0 Å². The fourth-order valence-electron chi connectivity index (χ4n) is 2.32. The third kappa shape index (κ3) is 2.60. The Balaban J connectivity index is 2.10. The molecule has 2 rings (SSSR count). The smallest absolute Gasteiger partial charge is 0.271 e. The molecule has 0 saturated heterocycles. The number of nitrogens with one attached hydrogen (secondary N) is 1. The van der Waals surface area contributed by atoms with E-state index in [1.807, 2.05) is 20.8 Å². The van der Waals surface area contributed by atoms with Gasteiger partial charge in [0, 0.05) is 24.1 Å². The number of rotatable bonds is 4. The van der Waals surface area contributed by atoms with Crippen LogP contribution in [0.25, 0.3) is 0 Å². The molecule has 1 aliphatic rings. The zero-order chi connectivity index (χ0) is 14.9. The van der Waals surface area contributed by atoms with Gasteiger partial charge in [-0.25, -0.2) is 4.68 Å². The summed E-state index contributed by atoms with van der Waals surface area (Å²) < 4.78 is 1.30. The average Bonchev–Trinajstić information content (AvgIpc) is 2.41. The molecule has 110 valence electrons. The minimum atomic E-state index is -0.394. The first kappa shape index (κ1) is 14.7. The first-order valence-corrected chi connectivity index (χ1v) is 6.93. The topological polar surface area (TPSA) is 84.2 Å². The van der Waals surface area contributed by atoms with Crippen molar-refractivity contribution in [3.63, 3.8) is 0 Å². The molecule has 6 nitrogen and oxygen atoms in total. The zero-order valence-electron chi connectivity index (χ0n) is 12.1. The van der Waals surface area contributed by atoms with Crippen molar-refractivity contribution in [1.29, 1.82) is 0 Å². The van der Waals surface area contributed by atoms with Crippen molar-refractivity contribution >= 4 is 5.91 Å². The SMILES string of the molecule is CCCn1nc(C(=O)NC2CC(O)C2(C)C)ccc1=O. The highest BCUT2D eigenvalue weighted by Gasteiger charge is 2.48. The molecular formula is C14H21N3O3.